The highest BCUT2D eigenvalue weighted by molar-refractivity contribution is 6.83. The maximum atomic E-state index is 11.8. The van der Waals surface area contributed by atoms with E-state index >= 15 is 0 Å². The highest BCUT2D eigenvalue weighted by atomic mass is 28.3. The number of carbonyl (C=O) groups is 1. The number of benzene rings is 1. The second kappa shape index (κ2) is 7.33. The van der Waals surface area contributed by atoms with Gasteiger partial charge in [0.2, 0.25) is 5.91 Å². The van der Waals surface area contributed by atoms with Gasteiger partial charge in [0, 0.05) is 17.2 Å². The summed E-state index contributed by atoms with van der Waals surface area (Å²) in [6.45, 7) is 10.5. The minimum atomic E-state index is -1.39. The van der Waals surface area contributed by atoms with Crippen molar-refractivity contribution in [3.05, 3.63) is 29.3 Å². The van der Waals surface area contributed by atoms with Gasteiger partial charge >= 0.3 is 0 Å². The molecule has 0 aliphatic rings. The monoisotopic (exact) mass is 303 g/mol. The number of amides is 1. The lowest BCUT2D eigenvalue weighted by molar-refractivity contribution is -0.120. The van der Waals surface area contributed by atoms with Gasteiger partial charge in [0.25, 0.3) is 0 Å². The molecule has 1 rings (SSSR count). The molecule has 0 heterocycles. The van der Waals surface area contributed by atoms with E-state index in [1.165, 1.54) is 0 Å². The van der Waals surface area contributed by atoms with Crippen molar-refractivity contribution in [3.63, 3.8) is 0 Å². The number of rotatable bonds is 4. The zero-order valence-corrected chi connectivity index (χ0v) is 14.8. The fourth-order valence-corrected chi connectivity index (χ4v) is 2.29. The first-order valence-electron chi connectivity index (χ1n) is 7.21. The van der Waals surface area contributed by atoms with Gasteiger partial charge in [0.15, 0.2) is 0 Å². The van der Waals surface area contributed by atoms with Gasteiger partial charge < -0.3 is 10.1 Å². The molecule has 1 N–H and O–H groups in total. The zero-order chi connectivity index (χ0) is 16.0. The van der Waals surface area contributed by atoms with Gasteiger partial charge in [-0.2, -0.15) is 0 Å². The Balaban J connectivity index is 2.93. The van der Waals surface area contributed by atoms with Crippen molar-refractivity contribution in [1.29, 1.82) is 0 Å². The second-order valence-corrected chi connectivity index (χ2v) is 11.2. The van der Waals surface area contributed by atoms with Gasteiger partial charge in [-0.15, -0.1) is 5.54 Å². The van der Waals surface area contributed by atoms with Crippen molar-refractivity contribution in [2.75, 3.05) is 7.11 Å². The molecule has 21 heavy (non-hydrogen) atoms. The van der Waals surface area contributed by atoms with Crippen molar-refractivity contribution in [3.8, 4) is 17.2 Å². The first kappa shape index (κ1) is 17.3. The molecule has 0 atom stereocenters. The van der Waals surface area contributed by atoms with Gasteiger partial charge in [-0.1, -0.05) is 31.6 Å². The summed E-state index contributed by atoms with van der Waals surface area (Å²) >= 11 is 0. The SMILES string of the molecule is COc1cc(C#C[Si](C)(C)C)ccc1CC(=O)NC(C)C. The van der Waals surface area contributed by atoms with Gasteiger partial charge in [0.1, 0.15) is 13.8 Å². The van der Waals surface area contributed by atoms with Crippen LogP contribution in [0.5, 0.6) is 5.75 Å². The minimum Gasteiger partial charge on any atom is -0.496 e. The summed E-state index contributed by atoms with van der Waals surface area (Å²) in [4.78, 5) is 11.8. The predicted octanol–water partition coefficient (Wildman–Crippen LogP) is 2.99. The van der Waals surface area contributed by atoms with Crippen LogP contribution in [0.2, 0.25) is 19.6 Å². The molecule has 0 saturated heterocycles. The van der Waals surface area contributed by atoms with E-state index in [0.29, 0.717) is 6.42 Å². The molecule has 114 valence electrons. The smallest absolute Gasteiger partial charge is 0.224 e. The molecule has 0 unspecified atom stereocenters. The van der Waals surface area contributed by atoms with Crippen molar-refractivity contribution >= 4 is 14.0 Å². The number of hydrogen-bond acceptors (Lipinski definition) is 2. The molecule has 0 radical (unpaired) electrons. The Hall–Kier alpha value is -1.73. The van der Waals surface area contributed by atoms with Gasteiger partial charge in [-0.3, -0.25) is 4.79 Å². The number of carbonyl (C=O) groups excluding carboxylic acids is 1. The number of nitrogens with one attached hydrogen (secondary N) is 1. The van der Waals surface area contributed by atoms with Crippen LogP contribution in [0, 0.1) is 11.5 Å². The Bertz CT molecular complexity index is 562. The summed E-state index contributed by atoms with van der Waals surface area (Å²) in [6, 6.07) is 5.93. The van der Waals surface area contributed by atoms with Gasteiger partial charge in [0.05, 0.1) is 13.5 Å². The van der Waals surface area contributed by atoms with Crippen LogP contribution in [0.15, 0.2) is 18.2 Å². The van der Waals surface area contributed by atoms with Gasteiger partial charge in [-0.25, -0.2) is 0 Å². The standard InChI is InChI=1S/C17H25NO2Si/c1-13(2)18-17(19)12-15-8-7-14(11-16(15)20-3)9-10-21(4,5)6/h7-8,11,13H,12H2,1-6H3,(H,18,19). The Labute approximate surface area is 129 Å². The average molecular weight is 303 g/mol. The molecule has 1 aromatic rings. The van der Waals surface area contributed by atoms with Crippen LogP contribution in [-0.2, 0) is 11.2 Å². The molecular formula is C17H25NO2Si. The Morgan fingerprint density at radius 1 is 1.33 bits per heavy atom. The minimum absolute atomic E-state index is 0.00392. The molecule has 0 saturated carbocycles. The lowest BCUT2D eigenvalue weighted by Crippen LogP contribution is -2.31. The van der Waals surface area contributed by atoms with E-state index in [-0.39, 0.29) is 11.9 Å². The molecular weight excluding hydrogens is 278 g/mol. The Kier molecular flexibility index (Phi) is 6.04. The van der Waals surface area contributed by atoms with E-state index in [4.69, 9.17) is 4.74 Å². The van der Waals surface area contributed by atoms with Crippen molar-refractivity contribution in [2.24, 2.45) is 0 Å². The molecule has 3 nitrogen and oxygen atoms in total. The summed E-state index contributed by atoms with van der Waals surface area (Å²) in [5, 5.41) is 2.89. The molecule has 1 amide bonds. The number of hydrogen-bond donors (Lipinski definition) is 1. The third kappa shape index (κ3) is 6.50. The van der Waals surface area contributed by atoms with E-state index in [1.807, 2.05) is 32.0 Å². The van der Waals surface area contributed by atoms with E-state index in [2.05, 4.69) is 36.4 Å². The summed E-state index contributed by atoms with van der Waals surface area (Å²) in [6.07, 6.45) is 0.323. The highest BCUT2D eigenvalue weighted by Gasteiger charge is 2.11. The molecule has 0 aliphatic carbocycles. The van der Waals surface area contributed by atoms with Crippen molar-refractivity contribution < 1.29 is 9.53 Å². The summed E-state index contributed by atoms with van der Waals surface area (Å²) in [7, 11) is 0.228. The third-order valence-corrected chi connectivity index (χ3v) is 3.54. The molecule has 1 aromatic carbocycles. The summed E-state index contributed by atoms with van der Waals surface area (Å²) in [5.74, 6) is 3.93. The first-order valence-corrected chi connectivity index (χ1v) is 10.7. The van der Waals surface area contributed by atoms with E-state index < -0.39 is 8.07 Å². The number of methoxy groups -OCH3 is 1. The highest BCUT2D eigenvalue weighted by Crippen LogP contribution is 2.20. The fourth-order valence-electron chi connectivity index (χ4n) is 1.77. The van der Waals surface area contributed by atoms with E-state index in [9.17, 15) is 4.79 Å². The molecule has 0 fully saturated rings. The maximum Gasteiger partial charge on any atom is 0.224 e. The van der Waals surface area contributed by atoms with E-state index in [1.54, 1.807) is 7.11 Å². The van der Waals surface area contributed by atoms with Crippen LogP contribution in [-0.4, -0.2) is 27.1 Å². The lowest BCUT2D eigenvalue weighted by Gasteiger charge is -2.11. The molecule has 0 aliphatic heterocycles. The number of ether oxygens (including phenoxy) is 1. The molecule has 0 bridgehead atoms. The quantitative estimate of drug-likeness (QED) is 0.686. The van der Waals surface area contributed by atoms with Crippen LogP contribution < -0.4 is 10.1 Å². The van der Waals surface area contributed by atoms with Crippen LogP contribution in [0.1, 0.15) is 25.0 Å². The largest absolute Gasteiger partial charge is 0.496 e. The zero-order valence-electron chi connectivity index (χ0n) is 13.8. The molecule has 0 spiro atoms. The third-order valence-electron chi connectivity index (χ3n) is 2.67. The lowest BCUT2D eigenvalue weighted by atomic mass is 10.1. The molecule has 0 aromatic heterocycles. The van der Waals surface area contributed by atoms with Crippen LogP contribution >= 0.6 is 0 Å². The second-order valence-electron chi connectivity index (χ2n) is 6.43. The van der Waals surface area contributed by atoms with Crippen molar-refractivity contribution in [1.82, 2.24) is 5.32 Å². The summed E-state index contributed by atoms with van der Waals surface area (Å²) in [5.41, 5.74) is 5.15. The fraction of sp³-hybridized carbons (Fsp3) is 0.471. The Morgan fingerprint density at radius 3 is 2.52 bits per heavy atom. The van der Waals surface area contributed by atoms with Crippen LogP contribution in [0.3, 0.4) is 0 Å². The Morgan fingerprint density at radius 2 is 2.00 bits per heavy atom. The van der Waals surface area contributed by atoms with Gasteiger partial charge in [-0.05, 0) is 26.0 Å². The molecule has 4 heteroatoms. The first-order chi connectivity index (χ1) is 9.71. The predicted molar refractivity (Wildman–Crippen MR) is 90.2 cm³/mol. The van der Waals surface area contributed by atoms with Crippen LogP contribution in [0.4, 0.5) is 0 Å². The maximum absolute atomic E-state index is 11.8. The van der Waals surface area contributed by atoms with Crippen molar-refractivity contribution in [2.45, 2.75) is 46.0 Å². The summed E-state index contributed by atoms with van der Waals surface area (Å²) < 4.78 is 5.39. The topological polar surface area (TPSA) is 38.3 Å². The van der Waals surface area contributed by atoms with E-state index in [0.717, 1.165) is 16.9 Å². The normalized spacial score (nSPS) is 10.8. The van der Waals surface area contributed by atoms with Crippen LogP contribution in [0.25, 0.3) is 0 Å². The average Bonchev–Trinajstić information content (AvgIpc) is 2.35.